The van der Waals surface area contributed by atoms with Crippen LogP contribution in [0.2, 0.25) is 0 Å². The zero-order chi connectivity index (χ0) is 21.9. The number of pyridine rings is 2. The van der Waals surface area contributed by atoms with Gasteiger partial charge < -0.3 is 15.1 Å². The first-order valence-electron chi connectivity index (χ1n) is 10.2. The van der Waals surface area contributed by atoms with E-state index < -0.39 is 4.92 Å². The maximum atomic E-state index is 12.0. The molecule has 0 radical (unpaired) electrons. The van der Waals surface area contributed by atoms with Crippen molar-refractivity contribution < 1.29 is 4.92 Å². The third-order valence-electron chi connectivity index (χ3n) is 5.42. The van der Waals surface area contributed by atoms with E-state index in [-0.39, 0.29) is 11.5 Å². The largest absolute Gasteiger partial charge is 0.353 e. The summed E-state index contributed by atoms with van der Waals surface area (Å²) in [5.41, 5.74) is 1.22. The predicted octanol–water partition coefficient (Wildman–Crippen LogP) is 3.40. The number of aromatic nitrogens is 4. The molecular formula is C22H20N8O2. The molecule has 0 saturated carbocycles. The molecule has 10 heteroatoms. The Bertz CT molecular complexity index is 1250. The summed E-state index contributed by atoms with van der Waals surface area (Å²) in [5, 5.41) is 16.1. The van der Waals surface area contributed by atoms with Crippen molar-refractivity contribution >= 4 is 39.7 Å². The lowest BCUT2D eigenvalue weighted by molar-refractivity contribution is -0.383. The van der Waals surface area contributed by atoms with Crippen LogP contribution in [0, 0.1) is 10.1 Å². The Morgan fingerprint density at radius 1 is 0.844 bits per heavy atom. The molecule has 1 aliphatic rings. The van der Waals surface area contributed by atoms with Crippen molar-refractivity contribution in [2.24, 2.45) is 0 Å². The van der Waals surface area contributed by atoms with E-state index in [2.05, 4.69) is 30.2 Å². The Balaban J connectivity index is 1.43. The molecule has 1 aromatic carbocycles. The van der Waals surface area contributed by atoms with E-state index in [1.807, 2.05) is 53.4 Å². The molecule has 1 saturated heterocycles. The molecule has 1 fully saturated rings. The number of benzene rings is 1. The van der Waals surface area contributed by atoms with Gasteiger partial charge in [0.15, 0.2) is 0 Å². The molecule has 0 unspecified atom stereocenters. The van der Waals surface area contributed by atoms with Crippen molar-refractivity contribution in [3.8, 4) is 0 Å². The highest BCUT2D eigenvalue weighted by Gasteiger charge is 2.29. The SMILES string of the molecule is O=[N+]([O-])c1c(Nc2cccc3cccnc23)ncnc1N1CCN(c2ccccn2)CC1. The van der Waals surface area contributed by atoms with Gasteiger partial charge in [0.2, 0.25) is 11.6 Å². The van der Waals surface area contributed by atoms with Gasteiger partial charge in [-0.25, -0.2) is 15.0 Å². The van der Waals surface area contributed by atoms with Gasteiger partial charge in [0.05, 0.1) is 16.1 Å². The summed E-state index contributed by atoms with van der Waals surface area (Å²) in [5.74, 6) is 1.35. The fourth-order valence-electron chi connectivity index (χ4n) is 3.88. The Morgan fingerprint density at radius 2 is 1.62 bits per heavy atom. The standard InChI is InChI=1S/C22H20N8O2/c31-30(32)20-21(27-17-7-3-5-16-6-4-10-24-19(16)17)25-15-26-22(20)29-13-11-28(12-14-29)18-8-1-2-9-23-18/h1-10,15H,11-14H2,(H,25,26,27). The van der Waals surface area contributed by atoms with Crippen molar-refractivity contribution in [2.45, 2.75) is 0 Å². The number of hydrogen-bond donors (Lipinski definition) is 1. The van der Waals surface area contributed by atoms with Gasteiger partial charge >= 0.3 is 5.69 Å². The molecule has 0 spiro atoms. The third kappa shape index (κ3) is 3.73. The van der Waals surface area contributed by atoms with Crippen molar-refractivity contribution in [2.75, 3.05) is 41.3 Å². The number of piperazine rings is 1. The Hall–Kier alpha value is -4.34. The van der Waals surface area contributed by atoms with Gasteiger partial charge in [0, 0.05) is 44.0 Å². The fraction of sp³-hybridized carbons (Fsp3) is 0.182. The normalized spacial score (nSPS) is 13.9. The Morgan fingerprint density at radius 3 is 2.41 bits per heavy atom. The van der Waals surface area contributed by atoms with Crippen molar-refractivity contribution in [3.05, 3.63) is 77.4 Å². The Kier molecular flexibility index (Phi) is 5.16. The first-order valence-corrected chi connectivity index (χ1v) is 10.2. The summed E-state index contributed by atoms with van der Waals surface area (Å²) in [4.78, 5) is 32.9. The summed E-state index contributed by atoms with van der Waals surface area (Å²) in [6, 6.07) is 15.2. The molecule has 1 N–H and O–H groups in total. The average Bonchev–Trinajstić information content (AvgIpc) is 2.85. The van der Waals surface area contributed by atoms with Gasteiger partial charge in [-0.1, -0.05) is 24.3 Å². The van der Waals surface area contributed by atoms with E-state index in [4.69, 9.17) is 0 Å². The minimum atomic E-state index is -0.429. The van der Waals surface area contributed by atoms with Gasteiger partial charge in [-0.05, 0) is 24.3 Å². The Labute approximate surface area is 183 Å². The van der Waals surface area contributed by atoms with Crippen LogP contribution in [0.4, 0.5) is 28.8 Å². The average molecular weight is 428 g/mol. The van der Waals surface area contributed by atoms with Gasteiger partial charge in [0.25, 0.3) is 0 Å². The molecule has 0 amide bonds. The predicted molar refractivity (Wildman–Crippen MR) is 122 cm³/mol. The third-order valence-corrected chi connectivity index (χ3v) is 5.42. The zero-order valence-electron chi connectivity index (χ0n) is 17.1. The second-order valence-corrected chi connectivity index (χ2v) is 7.32. The molecule has 4 aromatic rings. The smallest absolute Gasteiger partial charge is 0.353 e. The van der Waals surface area contributed by atoms with Crippen molar-refractivity contribution in [1.82, 2.24) is 19.9 Å². The molecule has 32 heavy (non-hydrogen) atoms. The monoisotopic (exact) mass is 428 g/mol. The highest BCUT2D eigenvalue weighted by molar-refractivity contribution is 5.92. The minimum absolute atomic E-state index is 0.144. The number of hydrogen-bond acceptors (Lipinski definition) is 9. The number of rotatable bonds is 5. The van der Waals surface area contributed by atoms with Gasteiger partial charge in [-0.2, -0.15) is 0 Å². The molecular weight excluding hydrogens is 408 g/mol. The molecule has 10 nitrogen and oxygen atoms in total. The molecule has 0 atom stereocenters. The van der Waals surface area contributed by atoms with E-state index in [0.717, 1.165) is 11.2 Å². The van der Waals surface area contributed by atoms with E-state index in [0.29, 0.717) is 43.2 Å². The molecule has 4 heterocycles. The van der Waals surface area contributed by atoms with E-state index in [9.17, 15) is 10.1 Å². The number of nitrogens with zero attached hydrogens (tertiary/aromatic N) is 7. The van der Waals surface area contributed by atoms with Crippen LogP contribution in [0.25, 0.3) is 10.9 Å². The summed E-state index contributed by atoms with van der Waals surface area (Å²) in [6.07, 6.45) is 4.81. The summed E-state index contributed by atoms with van der Waals surface area (Å²) in [7, 11) is 0. The van der Waals surface area contributed by atoms with Gasteiger partial charge in [-0.3, -0.25) is 15.1 Å². The van der Waals surface area contributed by atoms with E-state index >= 15 is 0 Å². The lowest BCUT2D eigenvalue weighted by Crippen LogP contribution is -2.47. The van der Waals surface area contributed by atoms with E-state index in [1.54, 1.807) is 12.4 Å². The van der Waals surface area contributed by atoms with Crippen molar-refractivity contribution in [3.63, 3.8) is 0 Å². The summed E-state index contributed by atoms with van der Waals surface area (Å²) < 4.78 is 0. The second kappa shape index (κ2) is 8.42. The second-order valence-electron chi connectivity index (χ2n) is 7.32. The van der Waals surface area contributed by atoms with E-state index in [1.165, 1.54) is 6.33 Å². The number of anilines is 4. The number of fused-ring (bicyclic) bond motifs is 1. The maximum Gasteiger partial charge on any atom is 0.353 e. The van der Waals surface area contributed by atoms with Crippen molar-refractivity contribution in [1.29, 1.82) is 0 Å². The lowest BCUT2D eigenvalue weighted by Gasteiger charge is -2.35. The molecule has 5 rings (SSSR count). The highest BCUT2D eigenvalue weighted by atomic mass is 16.6. The molecule has 0 aliphatic carbocycles. The van der Waals surface area contributed by atoms with Crippen LogP contribution < -0.4 is 15.1 Å². The van der Waals surface area contributed by atoms with Crippen LogP contribution in [0.1, 0.15) is 0 Å². The molecule has 1 aliphatic heterocycles. The van der Waals surface area contributed by atoms with Crippen LogP contribution in [0.3, 0.4) is 0 Å². The minimum Gasteiger partial charge on any atom is -0.353 e. The topological polar surface area (TPSA) is 113 Å². The fourth-order valence-corrected chi connectivity index (χ4v) is 3.88. The number of para-hydroxylation sites is 1. The molecule has 0 bridgehead atoms. The van der Waals surface area contributed by atoms with Gasteiger partial charge in [-0.15, -0.1) is 0 Å². The lowest BCUT2D eigenvalue weighted by atomic mass is 10.2. The number of nitrogens with one attached hydrogen (secondary N) is 1. The zero-order valence-corrected chi connectivity index (χ0v) is 17.1. The first kappa shape index (κ1) is 19.6. The molecule has 160 valence electrons. The molecule has 3 aromatic heterocycles. The van der Waals surface area contributed by atoms with Crippen LogP contribution >= 0.6 is 0 Å². The highest BCUT2D eigenvalue weighted by Crippen LogP contribution is 2.35. The quantitative estimate of drug-likeness (QED) is 0.377. The van der Waals surface area contributed by atoms with Gasteiger partial charge in [0.1, 0.15) is 12.1 Å². The van der Waals surface area contributed by atoms with Crippen LogP contribution in [0.15, 0.2) is 67.3 Å². The first-order chi connectivity index (χ1) is 15.7. The maximum absolute atomic E-state index is 12.0. The van der Waals surface area contributed by atoms with Crippen LogP contribution in [-0.4, -0.2) is 51.0 Å². The summed E-state index contributed by atoms with van der Waals surface area (Å²) in [6.45, 7) is 2.55. The van der Waals surface area contributed by atoms with Crippen LogP contribution in [0.5, 0.6) is 0 Å². The summed E-state index contributed by atoms with van der Waals surface area (Å²) >= 11 is 0. The number of nitro groups is 1. The van der Waals surface area contributed by atoms with Crippen LogP contribution in [-0.2, 0) is 0 Å².